The van der Waals surface area contributed by atoms with Crippen LogP contribution in [0.3, 0.4) is 0 Å². The average Bonchev–Trinajstić information content (AvgIpc) is 3.13. The van der Waals surface area contributed by atoms with Gasteiger partial charge in [-0.25, -0.2) is 20.2 Å². The molecule has 0 aliphatic rings. The van der Waals surface area contributed by atoms with Crippen molar-refractivity contribution < 1.29 is 0 Å². The lowest BCUT2D eigenvalue weighted by Crippen LogP contribution is -2.18. The summed E-state index contributed by atoms with van der Waals surface area (Å²) in [5, 5.41) is 24.2. The van der Waals surface area contributed by atoms with E-state index in [1.165, 1.54) is 0 Å². The summed E-state index contributed by atoms with van der Waals surface area (Å²) in [5.41, 5.74) is 3.41. The smallest absolute Gasteiger partial charge is 0.269 e. The van der Waals surface area contributed by atoms with Gasteiger partial charge in [-0.05, 0) is 46.0 Å². The lowest BCUT2D eigenvalue weighted by atomic mass is 9.84. The van der Waals surface area contributed by atoms with Crippen LogP contribution in [0.2, 0.25) is 0 Å². The van der Waals surface area contributed by atoms with Crippen LogP contribution in [-0.4, -0.2) is 4.40 Å². The maximum absolute atomic E-state index is 9.75. The predicted octanol–water partition coefficient (Wildman–Crippen LogP) is 5.24. The number of rotatable bonds is 0. The Morgan fingerprint density at radius 1 is 0.788 bits per heavy atom. The second-order valence-corrected chi connectivity index (χ2v) is 9.08. The van der Waals surface area contributed by atoms with Gasteiger partial charge in [-0.1, -0.05) is 45.0 Å². The molecule has 3 aromatic heterocycles. The van der Waals surface area contributed by atoms with Crippen LogP contribution in [0.1, 0.15) is 26.3 Å². The number of nitriles is 2. The van der Waals surface area contributed by atoms with E-state index in [4.69, 9.17) is 13.1 Å². The van der Waals surface area contributed by atoms with E-state index in [1.54, 1.807) is 0 Å². The van der Waals surface area contributed by atoms with Crippen molar-refractivity contribution in [2.75, 3.05) is 0 Å². The molecule has 5 nitrogen and oxygen atoms in total. The van der Waals surface area contributed by atoms with Crippen molar-refractivity contribution in [3.8, 4) is 12.1 Å². The number of hydrogen-bond acceptors (Lipinski definition) is 2. The van der Waals surface area contributed by atoms with Crippen molar-refractivity contribution in [2.24, 2.45) is 0 Å². The Hall–Kier alpha value is -4.84. The van der Waals surface area contributed by atoms with Crippen LogP contribution < -0.4 is 10.4 Å². The van der Waals surface area contributed by atoms with Crippen molar-refractivity contribution in [1.29, 1.82) is 10.5 Å². The highest BCUT2D eigenvalue weighted by molar-refractivity contribution is 6.14. The normalized spacial score (nSPS) is 13.5. The first-order valence-corrected chi connectivity index (χ1v) is 10.4. The first-order valence-electron chi connectivity index (χ1n) is 10.4. The van der Waals surface area contributed by atoms with Gasteiger partial charge >= 0.3 is 0 Å². The molecule has 0 N–H and O–H groups in total. The fourth-order valence-electron chi connectivity index (χ4n) is 4.66. The van der Waals surface area contributed by atoms with Gasteiger partial charge in [0, 0.05) is 21.2 Å². The van der Waals surface area contributed by atoms with Crippen molar-refractivity contribution in [3.63, 3.8) is 0 Å². The number of nitrogens with zero attached hydrogens (tertiary/aromatic N) is 5. The summed E-state index contributed by atoms with van der Waals surface area (Å²) >= 11 is 0. The number of aromatic nitrogens is 1. The summed E-state index contributed by atoms with van der Waals surface area (Å²) in [6.45, 7) is 21.5. The van der Waals surface area contributed by atoms with E-state index in [2.05, 4.69) is 47.0 Å². The van der Waals surface area contributed by atoms with E-state index < -0.39 is 0 Å². The second kappa shape index (κ2) is 6.83. The molecule has 33 heavy (non-hydrogen) atoms. The minimum absolute atomic E-state index is 0.0205. The predicted molar refractivity (Wildman–Crippen MR) is 130 cm³/mol. The molecular formula is C28H17N5. The Kier molecular flexibility index (Phi) is 4.16. The van der Waals surface area contributed by atoms with Gasteiger partial charge in [-0.2, -0.15) is 0 Å². The number of benzene rings is 2. The Balaban J connectivity index is 2.32. The maximum atomic E-state index is 9.75. The Bertz CT molecular complexity index is 1770. The van der Waals surface area contributed by atoms with Crippen LogP contribution in [0.5, 0.6) is 0 Å². The van der Waals surface area contributed by atoms with Crippen LogP contribution in [0.15, 0.2) is 48.5 Å². The molecule has 3 heterocycles. The minimum atomic E-state index is -0.223. The maximum Gasteiger partial charge on any atom is 0.269 e. The van der Waals surface area contributed by atoms with Crippen molar-refractivity contribution in [3.05, 3.63) is 87.4 Å². The summed E-state index contributed by atoms with van der Waals surface area (Å²) in [5.74, 6) is 0. The number of fused-ring (bicyclic) bond motifs is 3. The summed E-state index contributed by atoms with van der Waals surface area (Å²) < 4.78 is 2.13. The third-order valence-corrected chi connectivity index (χ3v) is 6.25. The number of pyridine rings is 2. The highest BCUT2D eigenvalue weighted by Gasteiger charge is 2.21. The standard InChI is InChI=1S/C28H17N5/c1-28(2,3)16-10-21-19(23(14-29)31-4)12-25-17-8-6-7-9-18(17)26-13-20(24(15-30)32-5)22(11-16)27(21)33(25)26/h6-13H,1-3H3/b23-19+,24-20+. The molecule has 0 atom stereocenters. The Labute approximate surface area is 190 Å². The van der Waals surface area contributed by atoms with E-state index in [1.807, 2.05) is 48.5 Å². The summed E-state index contributed by atoms with van der Waals surface area (Å²) in [6, 6.07) is 20.0. The molecule has 0 amide bonds. The Morgan fingerprint density at radius 3 is 1.61 bits per heavy atom. The summed E-state index contributed by atoms with van der Waals surface area (Å²) in [4.78, 5) is 7.04. The van der Waals surface area contributed by atoms with Crippen molar-refractivity contribution >= 4 is 49.5 Å². The molecule has 5 heteroatoms. The van der Waals surface area contributed by atoms with E-state index >= 15 is 0 Å². The summed E-state index contributed by atoms with van der Waals surface area (Å²) in [7, 11) is 0. The summed E-state index contributed by atoms with van der Waals surface area (Å²) in [6.07, 6.45) is 0. The van der Waals surface area contributed by atoms with Crippen LogP contribution in [0, 0.1) is 35.8 Å². The molecule has 0 aliphatic heterocycles. The molecule has 0 saturated carbocycles. The zero-order valence-electron chi connectivity index (χ0n) is 18.4. The molecule has 154 valence electrons. The molecule has 0 unspecified atom stereocenters. The molecule has 0 spiro atoms. The van der Waals surface area contributed by atoms with Crippen LogP contribution >= 0.6 is 0 Å². The minimum Gasteiger partial charge on any atom is -0.308 e. The van der Waals surface area contributed by atoms with Crippen LogP contribution in [0.4, 0.5) is 0 Å². The van der Waals surface area contributed by atoms with Crippen LogP contribution in [-0.2, 0) is 5.41 Å². The lowest BCUT2D eigenvalue weighted by molar-refractivity contribution is 0.591. The van der Waals surface area contributed by atoms with Gasteiger partial charge in [-0.3, -0.25) is 0 Å². The zero-order valence-corrected chi connectivity index (χ0v) is 18.4. The molecular weight excluding hydrogens is 406 g/mol. The largest absolute Gasteiger partial charge is 0.308 e. The van der Waals surface area contributed by atoms with Gasteiger partial charge in [0.1, 0.15) is 0 Å². The first kappa shape index (κ1) is 20.1. The van der Waals surface area contributed by atoms with Crippen molar-refractivity contribution in [2.45, 2.75) is 26.2 Å². The van der Waals surface area contributed by atoms with E-state index in [0.717, 1.165) is 43.7 Å². The molecule has 5 aromatic rings. The SMILES string of the molecule is [C-]#[N+]/C(C#N)=c1\cc2c3ccccc3c3c/c(=C(/C#N)[N+]#[C-])c4cc(C(C)(C)C)cc1c4n23. The molecule has 0 saturated heterocycles. The second-order valence-electron chi connectivity index (χ2n) is 9.08. The van der Waals surface area contributed by atoms with Gasteiger partial charge in [-0.15, -0.1) is 0 Å². The molecule has 0 fully saturated rings. The fourth-order valence-corrected chi connectivity index (χ4v) is 4.66. The van der Waals surface area contributed by atoms with Crippen LogP contribution in [0.25, 0.3) is 59.2 Å². The van der Waals surface area contributed by atoms with Gasteiger partial charge in [0.25, 0.3) is 11.4 Å². The van der Waals surface area contributed by atoms with Gasteiger partial charge in [0.05, 0.1) is 41.8 Å². The topological polar surface area (TPSA) is 60.7 Å². The van der Waals surface area contributed by atoms with Gasteiger partial charge in [0.15, 0.2) is 0 Å². The van der Waals surface area contributed by atoms with E-state index in [0.29, 0.717) is 10.4 Å². The lowest BCUT2D eigenvalue weighted by Gasteiger charge is -2.22. The van der Waals surface area contributed by atoms with E-state index in [-0.39, 0.29) is 16.8 Å². The molecule has 0 radical (unpaired) electrons. The highest BCUT2D eigenvalue weighted by atomic mass is 14.9. The molecule has 5 rings (SSSR count). The van der Waals surface area contributed by atoms with Gasteiger partial charge < -0.3 is 4.40 Å². The average molecular weight is 423 g/mol. The zero-order chi connectivity index (χ0) is 23.5. The van der Waals surface area contributed by atoms with E-state index in [9.17, 15) is 10.5 Å². The third-order valence-electron chi connectivity index (χ3n) is 6.25. The molecule has 2 aromatic carbocycles. The quantitative estimate of drug-likeness (QED) is 0.320. The monoisotopic (exact) mass is 423 g/mol. The van der Waals surface area contributed by atoms with Gasteiger partial charge in [0.2, 0.25) is 0 Å². The molecule has 0 aliphatic carbocycles. The molecule has 0 bridgehead atoms. The van der Waals surface area contributed by atoms with Crippen molar-refractivity contribution in [1.82, 2.24) is 4.40 Å². The highest BCUT2D eigenvalue weighted by Crippen LogP contribution is 2.35. The fraction of sp³-hybridized carbons (Fsp3) is 0.143. The number of hydrogen-bond donors (Lipinski definition) is 0. The third kappa shape index (κ3) is 2.68. The first-order chi connectivity index (χ1) is 15.8. The Morgan fingerprint density at radius 2 is 1.24 bits per heavy atom.